The number of hydrogen-bond acceptors (Lipinski definition) is 4. The molecule has 0 spiro atoms. The van der Waals surface area contributed by atoms with Crippen LogP contribution >= 0.6 is 0 Å². The Morgan fingerprint density at radius 3 is 2.38 bits per heavy atom. The minimum atomic E-state index is -0.139. The first-order valence-corrected chi connectivity index (χ1v) is 9.21. The predicted molar refractivity (Wildman–Crippen MR) is 111 cm³/mol. The highest BCUT2D eigenvalue weighted by Crippen LogP contribution is 2.20. The average molecular weight is 389 g/mol. The van der Waals surface area contributed by atoms with Crippen molar-refractivity contribution in [1.29, 1.82) is 0 Å². The molecule has 2 amide bonds. The number of nitrogens with zero attached hydrogens (tertiary/aromatic N) is 4. The number of hydrogen-bond donors (Lipinski definition) is 1. The van der Waals surface area contributed by atoms with Crippen molar-refractivity contribution in [2.75, 3.05) is 14.1 Å². The summed E-state index contributed by atoms with van der Waals surface area (Å²) >= 11 is 0. The van der Waals surface area contributed by atoms with Crippen molar-refractivity contribution in [1.82, 2.24) is 25.0 Å². The van der Waals surface area contributed by atoms with Crippen molar-refractivity contribution in [3.63, 3.8) is 0 Å². The van der Waals surface area contributed by atoms with E-state index in [0.29, 0.717) is 5.56 Å². The number of carbonyl (C=O) groups is 2. The molecule has 0 aliphatic heterocycles. The molecular weight excluding hydrogens is 366 g/mol. The van der Waals surface area contributed by atoms with Crippen LogP contribution < -0.4 is 5.32 Å². The van der Waals surface area contributed by atoms with Crippen molar-refractivity contribution >= 4 is 17.9 Å². The maximum absolute atomic E-state index is 12.6. The minimum Gasteiger partial charge on any atom is -0.355 e. The molecule has 0 saturated heterocycles. The van der Waals surface area contributed by atoms with E-state index in [0.717, 1.165) is 16.8 Å². The highest BCUT2D eigenvalue weighted by atomic mass is 16.2. The molecule has 2 aromatic carbocycles. The lowest BCUT2D eigenvalue weighted by Crippen LogP contribution is -2.27. The second-order valence-electron chi connectivity index (χ2n) is 6.59. The van der Waals surface area contributed by atoms with Gasteiger partial charge in [-0.25, -0.2) is 9.67 Å². The fraction of sp³-hybridized carbons (Fsp3) is 0.182. The van der Waals surface area contributed by atoms with Gasteiger partial charge in [-0.2, -0.15) is 5.10 Å². The monoisotopic (exact) mass is 389 g/mol. The Bertz CT molecular complexity index is 993. The molecule has 148 valence electrons. The summed E-state index contributed by atoms with van der Waals surface area (Å²) in [7, 11) is 3.37. The molecule has 3 aromatic rings. The quantitative estimate of drug-likeness (QED) is 0.658. The first-order chi connectivity index (χ1) is 14.0. The Balaban J connectivity index is 1.64. The molecule has 3 rings (SSSR count). The number of amides is 2. The highest BCUT2D eigenvalue weighted by Gasteiger charge is 2.15. The lowest BCUT2D eigenvalue weighted by atomic mass is 10.1. The van der Waals surface area contributed by atoms with Crippen molar-refractivity contribution < 1.29 is 9.59 Å². The maximum Gasteiger partial charge on any atom is 0.251 e. The standard InChI is InChI=1S/C22H23N5O2/c1-16(18-9-11-20(12-10-18)27-15-24-14-25-27)26(3)21(28)13-6-17-4-7-19(8-5-17)22(29)23-2/h4-16H,1-3H3,(H,23,29)/b13-6+. The third kappa shape index (κ3) is 4.76. The van der Waals surface area contributed by atoms with Crippen LogP contribution in [0.4, 0.5) is 0 Å². The molecule has 1 heterocycles. The van der Waals surface area contributed by atoms with Gasteiger partial charge >= 0.3 is 0 Å². The topological polar surface area (TPSA) is 80.1 Å². The molecule has 0 saturated carbocycles. The molecule has 1 aromatic heterocycles. The van der Waals surface area contributed by atoms with Crippen molar-refractivity contribution in [2.45, 2.75) is 13.0 Å². The summed E-state index contributed by atoms with van der Waals surface area (Å²) in [6, 6.07) is 14.8. The largest absolute Gasteiger partial charge is 0.355 e. The van der Waals surface area contributed by atoms with Crippen molar-refractivity contribution in [3.05, 3.63) is 84.0 Å². The van der Waals surface area contributed by atoms with E-state index in [1.54, 1.807) is 60.3 Å². The molecule has 7 heteroatoms. The summed E-state index contributed by atoms with van der Waals surface area (Å²) in [5.41, 5.74) is 3.36. The lowest BCUT2D eigenvalue weighted by Gasteiger charge is -2.24. The smallest absolute Gasteiger partial charge is 0.251 e. The van der Waals surface area contributed by atoms with Crippen LogP contribution in [0.5, 0.6) is 0 Å². The number of aromatic nitrogens is 3. The van der Waals surface area contributed by atoms with Crippen LogP contribution in [0.25, 0.3) is 11.8 Å². The van der Waals surface area contributed by atoms with Gasteiger partial charge in [0.2, 0.25) is 5.91 Å². The van der Waals surface area contributed by atoms with Gasteiger partial charge in [0.25, 0.3) is 5.91 Å². The zero-order chi connectivity index (χ0) is 20.8. The van der Waals surface area contributed by atoms with E-state index in [1.807, 2.05) is 31.2 Å². The van der Waals surface area contributed by atoms with Crippen LogP contribution in [-0.4, -0.2) is 45.6 Å². The SMILES string of the molecule is CNC(=O)c1ccc(/C=C/C(=O)N(C)C(C)c2ccc(-n3cncn3)cc2)cc1. The summed E-state index contributed by atoms with van der Waals surface area (Å²) < 4.78 is 1.68. The normalized spacial score (nSPS) is 12.0. The summed E-state index contributed by atoms with van der Waals surface area (Å²) in [5, 5.41) is 6.69. The molecular formula is C22H23N5O2. The molecule has 0 fully saturated rings. The van der Waals surface area contributed by atoms with Gasteiger partial charge in [-0.1, -0.05) is 24.3 Å². The molecule has 1 atom stereocenters. The predicted octanol–water partition coefficient (Wildman–Crippen LogP) is 2.86. The lowest BCUT2D eigenvalue weighted by molar-refractivity contribution is -0.126. The van der Waals surface area contributed by atoms with Gasteiger partial charge in [0.05, 0.1) is 11.7 Å². The fourth-order valence-corrected chi connectivity index (χ4v) is 2.84. The van der Waals surface area contributed by atoms with Crippen LogP contribution in [0.3, 0.4) is 0 Å². The average Bonchev–Trinajstić information content (AvgIpc) is 3.31. The van der Waals surface area contributed by atoms with E-state index in [4.69, 9.17) is 0 Å². The van der Waals surface area contributed by atoms with Crippen molar-refractivity contribution in [3.8, 4) is 5.69 Å². The van der Waals surface area contributed by atoms with Gasteiger partial charge in [-0.05, 0) is 48.4 Å². The van der Waals surface area contributed by atoms with Crippen LogP contribution in [-0.2, 0) is 4.79 Å². The summed E-state index contributed by atoms with van der Waals surface area (Å²) in [6.07, 6.45) is 6.41. The Labute approximate surface area is 169 Å². The number of nitrogens with one attached hydrogen (secondary N) is 1. The molecule has 0 aliphatic carbocycles. The minimum absolute atomic E-state index is 0.0902. The molecule has 0 aliphatic rings. The number of likely N-dealkylation sites (N-methyl/N-ethyl adjacent to an activating group) is 1. The fourth-order valence-electron chi connectivity index (χ4n) is 2.84. The molecule has 29 heavy (non-hydrogen) atoms. The van der Waals surface area contributed by atoms with Crippen molar-refractivity contribution in [2.24, 2.45) is 0 Å². The van der Waals surface area contributed by atoms with Gasteiger partial charge in [-0.15, -0.1) is 0 Å². The molecule has 0 bridgehead atoms. The van der Waals surface area contributed by atoms with E-state index in [-0.39, 0.29) is 17.9 Å². The van der Waals surface area contributed by atoms with Gasteiger partial charge in [0.1, 0.15) is 12.7 Å². The van der Waals surface area contributed by atoms with E-state index in [9.17, 15) is 9.59 Å². The third-order valence-corrected chi connectivity index (χ3v) is 4.81. The summed E-state index contributed by atoms with van der Waals surface area (Å²) in [4.78, 5) is 29.8. The first kappa shape index (κ1) is 20.0. The second kappa shape index (κ2) is 8.97. The molecule has 0 radical (unpaired) electrons. The molecule has 7 nitrogen and oxygen atoms in total. The van der Waals surface area contributed by atoms with E-state index < -0.39 is 0 Å². The Hall–Kier alpha value is -3.74. The zero-order valence-electron chi connectivity index (χ0n) is 16.6. The first-order valence-electron chi connectivity index (χ1n) is 9.21. The highest BCUT2D eigenvalue weighted by molar-refractivity contribution is 5.94. The molecule has 1 unspecified atom stereocenters. The number of rotatable bonds is 6. The maximum atomic E-state index is 12.6. The number of carbonyl (C=O) groups excluding carboxylic acids is 2. The van der Waals surface area contributed by atoms with Crippen LogP contribution in [0.1, 0.15) is 34.5 Å². The van der Waals surface area contributed by atoms with Gasteiger partial charge < -0.3 is 10.2 Å². The summed E-state index contributed by atoms with van der Waals surface area (Å²) in [6.45, 7) is 1.98. The Morgan fingerprint density at radius 2 is 1.79 bits per heavy atom. The number of benzene rings is 2. The zero-order valence-corrected chi connectivity index (χ0v) is 16.6. The Kier molecular flexibility index (Phi) is 6.19. The van der Waals surface area contributed by atoms with Gasteiger partial charge in [-0.3, -0.25) is 9.59 Å². The van der Waals surface area contributed by atoms with Gasteiger partial charge in [0, 0.05) is 25.7 Å². The molecule has 1 N–H and O–H groups in total. The van der Waals surface area contributed by atoms with E-state index >= 15 is 0 Å². The van der Waals surface area contributed by atoms with Crippen LogP contribution in [0.15, 0.2) is 67.3 Å². The Morgan fingerprint density at radius 1 is 1.10 bits per heavy atom. The van der Waals surface area contributed by atoms with E-state index in [1.165, 1.54) is 12.4 Å². The third-order valence-electron chi connectivity index (χ3n) is 4.81. The van der Waals surface area contributed by atoms with E-state index in [2.05, 4.69) is 15.4 Å². The van der Waals surface area contributed by atoms with Crippen LogP contribution in [0, 0.1) is 0 Å². The van der Waals surface area contributed by atoms with Gasteiger partial charge in [0.15, 0.2) is 0 Å². The second-order valence-corrected chi connectivity index (χ2v) is 6.59. The summed E-state index contributed by atoms with van der Waals surface area (Å²) in [5.74, 6) is -0.242. The van der Waals surface area contributed by atoms with Crippen LogP contribution in [0.2, 0.25) is 0 Å².